The topological polar surface area (TPSA) is 37.8 Å². The van der Waals surface area contributed by atoms with Crippen LogP contribution in [0.25, 0.3) is 11.3 Å². The van der Waals surface area contributed by atoms with E-state index in [1.807, 2.05) is 0 Å². The first-order valence-electron chi connectivity index (χ1n) is 6.79. The van der Waals surface area contributed by atoms with Crippen molar-refractivity contribution in [3.05, 3.63) is 39.6 Å². The van der Waals surface area contributed by atoms with E-state index in [1.54, 1.807) is 24.4 Å². The van der Waals surface area contributed by atoms with E-state index < -0.39 is 0 Å². The van der Waals surface area contributed by atoms with Crippen molar-refractivity contribution in [2.45, 2.75) is 32.7 Å². The lowest BCUT2D eigenvalue weighted by molar-refractivity contribution is 0.668. The van der Waals surface area contributed by atoms with Crippen molar-refractivity contribution in [2.75, 3.05) is 5.32 Å². The van der Waals surface area contributed by atoms with Crippen LogP contribution in [0.2, 0.25) is 15.2 Å². The van der Waals surface area contributed by atoms with Gasteiger partial charge < -0.3 is 5.32 Å². The van der Waals surface area contributed by atoms with Crippen LogP contribution < -0.4 is 5.32 Å². The van der Waals surface area contributed by atoms with Gasteiger partial charge in [0.15, 0.2) is 5.15 Å². The number of nitrogens with zero attached hydrogens (tertiary/aromatic N) is 2. The third kappa shape index (κ3) is 4.00. The zero-order valence-corrected chi connectivity index (χ0v) is 14.1. The van der Waals surface area contributed by atoms with Crippen LogP contribution >= 0.6 is 34.8 Å². The minimum absolute atomic E-state index is 0.315. The largest absolute Gasteiger partial charge is 0.366 e. The first-order chi connectivity index (χ1) is 10.0. The van der Waals surface area contributed by atoms with Gasteiger partial charge in [-0.15, -0.1) is 0 Å². The van der Waals surface area contributed by atoms with Gasteiger partial charge in [0.2, 0.25) is 0 Å². The van der Waals surface area contributed by atoms with Crippen LogP contribution in [-0.4, -0.2) is 16.0 Å². The van der Waals surface area contributed by atoms with E-state index in [1.165, 1.54) is 0 Å². The van der Waals surface area contributed by atoms with Crippen molar-refractivity contribution >= 4 is 40.6 Å². The predicted molar refractivity (Wildman–Crippen MR) is 90.5 cm³/mol. The number of hydrogen-bond acceptors (Lipinski definition) is 3. The second kappa shape index (κ2) is 7.30. The molecular formula is C15H16Cl3N3. The molecule has 112 valence electrons. The molecule has 6 heteroatoms. The molecule has 0 spiro atoms. The van der Waals surface area contributed by atoms with E-state index in [4.69, 9.17) is 34.8 Å². The Bertz CT molecular complexity index is 628. The molecule has 0 aliphatic heterocycles. The Hall–Kier alpha value is -1.03. The predicted octanol–water partition coefficient (Wildman–Crippen LogP) is 5.70. The van der Waals surface area contributed by atoms with Gasteiger partial charge in [-0.05, 0) is 31.0 Å². The summed E-state index contributed by atoms with van der Waals surface area (Å²) in [6, 6.07) is 5.55. The van der Waals surface area contributed by atoms with Crippen molar-refractivity contribution in [1.82, 2.24) is 9.97 Å². The molecule has 0 unspecified atom stereocenters. The normalized spacial score (nSPS) is 11.0. The summed E-state index contributed by atoms with van der Waals surface area (Å²) >= 11 is 18.3. The highest BCUT2D eigenvalue weighted by Crippen LogP contribution is 2.33. The Balaban J connectivity index is 2.31. The van der Waals surface area contributed by atoms with E-state index in [-0.39, 0.29) is 0 Å². The van der Waals surface area contributed by atoms with Crippen molar-refractivity contribution in [1.29, 1.82) is 0 Å². The molecule has 0 bridgehead atoms. The number of halogens is 3. The molecule has 0 aliphatic carbocycles. The van der Waals surface area contributed by atoms with Crippen LogP contribution in [0.1, 0.15) is 26.7 Å². The maximum atomic E-state index is 6.24. The molecule has 0 aliphatic rings. The number of anilines is 1. The van der Waals surface area contributed by atoms with Gasteiger partial charge in [0.05, 0.1) is 11.2 Å². The summed E-state index contributed by atoms with van der Waals surface area (Å²) < 4.78 is 0. The summed E-state index contributed by atoms with van der Waals surface area (Å²) in [6.45, 7) is 4.25. The lowest BCUT2D eigenvalue weighted by atomic mass is 10.1. The summed E-state index contributed by atoms with van der Waals surface area (Å²) in [4.78, 5) is 8.73. The molecule has 0 amide bonds. The number of hydrogen-bond donors (Lipinski definition) is 1. The molecule has 21 heavy (non-hydrogen) atoms. The second-order valence-corrected chi connectivity index (χ2v) is 5.88. The van der Waals surface area contributed by atoms with Gasteiger partial charge in [-0.3, -0.25) is 0 Å². The van der Waals surface area contributed by atoms with Gasteiger partial charge >= 0.3 is 0 Å². The minimum atomic E-state index is 0.315. The first-order valence-corrected chi connectivity index (χ1v) is 7.93. The fraction of sp³-hybridized carbons (Fsp3) is 0.333. The summed E-state index contributed by atoms with van der Waals surface area (Å²) in [5, 5.41) is 4.69. The lowest BCUT2D eigenvalue weighted by Gasteiger charge is -2.15. The Labute approximate surface area is 139 Å². The molecule has 1 aromatic heterocycles. The van der Waals surface area contributed by atoms with Crippen molar-refractivity contribution in [2.24, 2.45) is 0 Å². The summed E-state index contributed by atoms with van der Waals surface area (Å²) in [5.74, 6) is 0.669. The monoisotopic (exact) mass is 343 g/mol. The average Bonchev–Trinajstić information content (AvgIpc) is 2.46. The zero-order valence-electron chi connectivity index (χ0n) is 11.8. The van der Waals surface area contributed by atoms with E-state index >= 15 is 0 Å². The summed E-state index contributed by atoms with van der Waals surface area (Å²) in [6.07, 6.45) is 3.70. The Morgan fingerprint density at radius 2 is 1.86 bits per heavy atom. The van der Waals surface area contributed by atoms with Gasteiger partial charge in [0, 0.05) is 16.6 Å². The lowest BCUT2D eigenvalue weighted by Crippen LogP contribution is -2.18. The molecule has 0 saturated heterocycles. The number of nitrogens with one attached hydrogen (secondary N) is 1. The molecule has 2 rings (SSSR count). The third-order valence-electron chi connectivity index (χ3n) is 3.25. The SMILES string of the molecule is CCC(CC)Nc1cnc(-c2ccc(Cl)cc2Cl)c(Cl)n1. The second-order valence-electron chi connectivity index (χ2n) is 4.68. The quantitative estimate of drug-likeness (QED) is 0.755. The average molecular weight is 345 g/mol. The van der Waals surface area contributed by atoms with E-state index in [9.17, 15) is 0 Å². The van der Waals surface area contributed by atoms with Gasteiger partial charge in [-0.2, -0.15) is 0 Å². The molecular weight excluding hydrogens is 329 g/mol. The van der Waals surface area contributed by atoms with E-state index in [0.717, 1.165) is 12.8 Å². The highest BCUT2D eigenvalue weighted by atomic mass is 35.5. The van der Waals surface area contributed by atoms with Crippen LogP contribution in [0, 0.1) is 0 Å². The van der Waals surface area contributed by atoms with Crippen LogP contribution in [0.3, 0.4) is 0 Å². The van der Waals surface area contributed by atoms with Crippen molar-refractivity contribution in [3.8, 4) is 11.3 Å². The van der Waals surface area contributed by atoms with Crippen LogP contribution in [0.4, 0.5) is 5.82 Å². The highest BCUT2D eigenvalue weighted by Gasteiger charge is 2.13. The Morgan fingerprint density at radius 1 is 1.14 bits per heavy atom. The zero-order chi connectivity index (χ0) is 15.4. The number of benzene rings is 1. The van der Waals surface area contributed by atoms with Crippen LogP contribution in [0.15, 0.2) is 24.4 Å². The number of rotatable bonds is 5. The van der Waals surface area contributed by atoms with E-state index in [2.05, 4.69) is 29.1 Å². The fourth-order valence-corrected chi connectivity index (χ4v) is 2.74. The summed E-state index contributed by atoms with van der Waals surface area (Å²) in [5.41, 5.74) is 1.26. The molecule has 0 fully saturated rings. The van der Waals surface area contributed by atoms with Crippen LogP contribution in [0.5, 0.6) is 0 Å². The maximum Gasteiger partial charge on any atom is 0.157 e. The summed E-state index contributed by atoms with van der Waals surface area (Å²) in [7, 11) is 0. The van der Waals surface area contributed by atoms with Crippen LogP contribution in [-0.2, 0) is 0 Å². The standard InChI is InChI=1S/C15H16Cl3N3/c1-3-10(4-2)20-13-8-19-14(15(18)21-13)11-6-5-9(16)7-12(11)17/h5-8,10H,3-4H2,1-2H3,(H,20,21). The maximum absolute atomic E-state index is 6.24. The Morgan fingerprint density at radius 3 is 2.43 bits per heavy atom. The van der Waals surface area contributed by atoms with Gasteiger partial charge in [0.25, 0.3) is 0 Å². The smallest absolute Gasteiger partial charge is 0.157 e. The van der Waals surface area contributed by atoms with Gasteiger partial charge in [0.1, 0.15) is 11.5 Å². The molecule has 1 heterocycles. The minimum Gasteiger partial charge on any atom is -0.366 e. The molecule has 2 aromatic rings. The molecule has 3 nitrogen and oxygen atoms in total. The molecule has 0 saturated carbocycles. The van der Waals surface area contributed by atoms with Crippen molar-refractivity contribution in [3.63, 3.8) is 0 Å². The van der Waals surface area contributed by atoms with Crippen molar-refractivity contribution < 1.29 is 0 Å². The molecule has 1 aromatic carbocycles. The first kappa shape index (κ1) is 16.3. The Kier molecular flexibility index (Phi) is 5.68. The fourth-order valence-electron chi connectivity index (χ4n) is 2.00. The van der Waals surface area contributed by atoms with Gasteiger partial charge in [-0.1, -0.05) is 48.7 Å². The third-order valence-corrected chi connectivity index (χ3v) is 4.07. The highest BCUT2D eigenvalue weighted by molar-refractivity contribution is 6.37. The number of aromatic nitrogens is 2. The van der Waals surface area contributed by atoms with E-state index in [0.29, 0.717) is 38.3 Å². The van der Waals surface area contributed by atoms with Gasteiger partial charge in [-0.25, -0.2) is 9.97 Å². The molecule has 1 N–H and O–H groups in total. The molecule has 0 atom stereocenters. The molecule has 0 radical (unpaired) electrons.